The molecule has 5 N–H and O–H groups in total. The minimum absolute atomic E-state index is 0.221. The van der Waals surface area contributed by atoms with Crippen LogP contribution in [0.2, 0.25) is 0 Å². The summed E-state index contributed by atoms with van der Waals surface area (Å²) in [6.45, 7) is 3.55. The predicted molar refractivity (Wildman–Crippen MR) is 78.8 cm³/mol. The van der Waals surface area contributed by atoms with Gasteiger partial charge in [-0.1, -0.05) is 13.8 Å². The second-order valence-corrected chi connectivity index (χ2v) is 6.01. The Morgan fingerprint density at radius 3 is 2.50 bits per heavy atom. The molecule has 0 aromatic heterocycles. The summed E-state index contributed by atoms with van der Waals surface area (Å²) in [7, 11) is 0. The molecule has 0 bridgehead atoms. The molecule has 1 aliphatic rings. The zero-order valence-corrected chi connectivity index (χ0v) is 13.0. The summed E-state index contributed by atoms with van der Waals surface area (Å²) in [5.41, 5.74) is 5.74. The average Bonchev–Trinajstić information content (AvgIpc) is 2.92. The maximum Gasteiger partial charge on any atom is 0.326 e. The highest BCUT2D eigenvalue weighted by Gasteiger charge is 2.37. The number of carboxylic acids is 1. The first-order valence-electron chi connectivity index (χ1n) is 7.48. The molecule has 3 unspecified atom stereocenters. The molecule has 0 aliphatic carbocycles. The van der Waals surface area contributed by atoms with E-state index in [2.05, 4.69) is 5.32 Å². The second-order valence-electron chi connectivity index (χ2n) is 6.01. The summed E-state index contributed by atoms with van der Waals surface area (Å²) in [5.74, 6) is -1.96. The van der Waals surface area contributed by atoms with Gasteiger partial charge in [-0.05, 0) is 25.2 Å². The number of carbonyl (C=O) groups excluding carboxylic acids is 2. The molecule has 0 aromatic carbocycles. The molecule has 0 saturated carbocycles. The van der Waals surface area contributed by atoms with Gasteiger partial charge in [-0.15, -0.1) is 0 Å². The Morgan fingerprint density at radius 1 is 1.36 bits per heavy atom. The van der Waals surface area contributed by atoms with Crippen LogP contribution >= 0.6 is 0 Å². The van der Waals surface area contributed by atoms with Gasteiger partial charge in [-0.2, -0.15) is 0 Å². The molecule has 1 aliphatic heterocycles. The molecule has 1 rings (SSSR count). The summed E-state index contributed by atoms with van der Waals surface area (Å²) in [6.07, 6.45) is 1.42. The molecule has 2 amide bonds. The van der Waals surface area contributed by atoms with Crippen LogP contribution in [-0.2, 0) is 14.4 Å². The molecule has 1 heterocycles. The number of nitrogens with zero attached hydrogens (tertiary/aromatic N) is 1. The number of aliphatic hydroxyl groups excluding tert-OH is 1. The third-order valence-electron chi connectivity index (χ3n) is 3.68. The fourth-order valence-electron chi connectivity index (χ4n) is 2.57. The third kappa shape index (κ3) is 4.67. The van der Waals surface area contributed by atoms with E-state index in [9.17, 15) is 19.5 Å². The van der Waals surface area contributed by atoms with Gasteiger partial charge in [0.1, 0.15) is 12.1 Å². The zero-order chi connectivity index (χ0) is 16.9. The van der Waals surface area contributed by atoms with Crippen molar-refractivity contribution >= 4 is 17.8 Å². The highest BCUT2D eigenvalue weighted by molar-refractivity contribution is 5.92. The zero-order valence-electron chi connectivity index (χ0n) is 13.0. The Hall–Kier alpha value is -1.67. The molecule has 1 saturated heterocycles. The van der Waals surface area contributed by atoms with E-state index in [-0.39, 0.29) is 5.92 Å². The smallest absolute Gasteiger partial charge is 0.326 e. The molecule has 0 radical (unpaired) electrons. The van der Waals surface area contributed by atoms with Gasteiger partial charge in [0.25, 0.3) is 0 Å². The number of carbonyl (C=O) groups is 3. The topological polar surface area (TPSA) is 133 Å². The van der Waals surface area contributed by atoms with Crippen LogP contribution < -0.4 is 11.1 Å². The van der Waals surface area contributed by atoms with E-state index in [1.54, 1.807) is 0 Å². The van der Waals surface area contributed by atoms with Crippen molar-refractivity contribution in [2.24, 2.45) is 11.7 Å². The maximum absolute atomic E-state index is 12.3. The van der Waals surface area contributed by atoms with E-state index in [1.807, 2.05) is 13.8 Å². The number of nitrogens with two attached hydrogens (primary N) is 1. The predicted octanol–water partition coefficient (Wildman–Crippen LogP) is -1.09. The fourth-order valence-corrected chi connectivity index (χ4v) is 2.57. The van der Waals surface area contributed by atoms with Crippen LogP contribution in [0.3, 0.4) is 0 Å². The summed E-state index contributed by atoms with van der Waals surface area (Å²) < 4.78 is 0. The van der Waals surface area contributed by atoms with Crippen LogP contribution in [0.1, 0.15) is 33.1 Å². The normalized spacial score (nSPS) is 20.8. The Morgan fingerprint density at radius 2 is 2.00 bits per heavy atom. The van der Waals surface area contributed by atoms with E-state index in [0.29, 0.717) is 25.8 Å². The molecule has 126 valence electrons. The summed E-state index contributed by atoms with van der Waals surface area (Å²) in [5, 5.41) is 20.8. The van der Waals surface area contributed by atoms with E-state index in [4.69, 9.17) is 10.8 Å². The van der Waals surface area contributed by atoms with Crippen LogP contribution in [0.15, 0.2) is 0 Å². The van der Waals surface area contributed by atoms with E-state index in [1.165, 1.54) is 4.90 Å². The number of rotatable bonds is 7. The number of aliphatic carboxylic acids is 1. The quantitative estimate of drug-likeness (QED) is 0.472. The molecule has 0 spiro atoms. The van der Waals surface area contributed by atoms with Crippen LogP contribution in [0, 0.1) is 5.92 Å². The summed E-state index contributed by atoms with van der Waals surface area (Å²) in [4.78, 5) is 36.6. The highest BCUT2D eigenvalue weighted by Crippen LogP contribution is 2.18. The number of aliphatic hydroxyl groups is 1. The standard InChI is InChI=1S/C14H25N3O5/c1-8(2)6-9(15)12(19)16-10(7-18)13(20)17-5-3-4-11(17)14(21)22/h8-11,18H,3-7,15H2,1-2H3,(H,16,19)(H,21,22). The third-order valence-corrected chi connectivity index (χ3v) is 3.68. The first-order chi connectivity index (χ1) is 10.3. The number of hydrogen-bond donors (Lipinski definition) is 4. The number of hydrogen-bond acceptors (Lipinski definition) is 5. The van der Waals surface area contributed by atoms with Crippen LogP contribution in [0.4, 0.5) is 0 Å². The summed E-state index contributed by atoms with van der Waals surface area (Å²) >= 11 is 0. The second kappa shape index (κ2) is 8.09. The van der Waals surface area contributed by atoms with Gasteiger partial charge >= 0.3 is 5.97 Å². The molecule has 1 fully saturated rings. The van der Waals surface area contributed by atoms with Crippen molar-refractivity contribution < 1.29 is 24.6 Å². The average molecular weight is 315 g/mol. The maximum atomic E-state index is 12.3. The van der Waals surface area contributed by atoms with Crippen molar-refractivity contribution in [1.29, 1.82) is 0 Å². The molecule has 8 heteroatoms. The van der Waals surface area contributed by atoms with Crippen LogP contribution in [-0.4, -0.2) is 64.2 Å². The number of amides is 2. The number of likely N-dealkylation sites (tertiary alicyclic amines) is 1. The van der Waals surface area contributed by atoms with E-state index < -0.39 is 42.5 Å². The molecule has 22 heavy (non-hydrogen) atoms. The van der Waals surface area contributed by atoms with Gasteiger partial charge in [0, 0.05) is 6.54 Å². The van der Waals surface area contributed by atoms with Gasteiger partial charge in [0.15, 0.2) is 0 Å². The molecular weight excluding hydrogens is 290 g/mol. The van der Waals surface area contributed by atoms with Crippen molar-refractivity contribution in [3.05, 3.63) is 0 Å². The van der Waals surface area contributed by atoms with Gasteiger partial charge in [0.05, 0.1) is 12.6 Å². The number of nitrogens with one attached hydrogen (secondary N) is 1. The Labute approximate surface area is 129 Å². The number of carboxylic acid groups (broad SMARTS) is 1. The lowest BCUT2D eigenvalue weighted by atomic mass is 10.0. The van der Waals surface area contributed by atoms with Crippen molar-refractivity contribution in [3.63, 3.8) is 0 Å². The van der Waals surface area contributed by atoms with Crippen molar-refractivity contribution in [2.75, 3.05) is 13.2 Å². The van der Waals surface area contributed by atoms with Crippen LogP contribution in [0.25, 0.3) is 0 Å². The van der Waals surface area contributed by atoms with Crippen molar-refractivity contribution in [3.8, 4) is 0 Å². The monoisotopic (exact) mass is 315 g/mol. The molecule has 8 nitrogen and oxygen atoms in total. The van der Waals surface area contributed by atoms with Gasteiger partial charge in [-0.3, -0.25) is 9.59 Å². The minimum atomic E-state index is -1.16. The summed E-state index contributed by atoms with van der Waals surface area (Å²) in [6, 6.07) is -2.83. The first kappa shape index (κ1) is 18.4. The highest BCUT2D eigenvalue weighted by atomic mass is 16.4. The van der Waals surface area contributed by atoms with Crippen molar-refractivity contribution in [2.45, 2.75) is 51.2 Å². The fraction of sp³-hybridized carbons (Fsp3) is 0.786. The first-order valence-corrected chi connectivity index (χ1v) is 7.48. The lowest BCUT2D eigenvalue weighted by molar-refractivity contribution is -0.149. The van der Waals surface area contributed by atoms with E-state index in [0.717, 1.165) is 0 Å². The lowest BCUT2D eigenvalue weighted by Gasteiger charge is -2.27. The van der Waals surface area contributed by atoms with Crippen molar-refractivity contribution in [1.82, 2.24) is 10.2 Å². The largest absolute Gasteiger partial charge is 0.480 e. The minimum Gasteiger partial charge on any atom is -0.480 e. The van der Waals surface area contributed by atoms with E-state index >= 15 is 0 Å². The lowest BCUT2D eigenvalue weighted by Crippen LogP contribution is -2.56. The Kier molecular flexibility index (Phi) is 6.76. The van der Waals surface area contributed by atoms with Gasteiger partial charge < -0.3 is 26.2 Å². The Balaban J connectivity index is 2.68. The molecule has 0 aromatic rings. The van der Waals surface area contributed by atoms with Gasteiger partial charge in [-0.25, -0.2) is 4.79 Å². The van der Waals surface area contributed by atoms with Gasteiger partial charge in [0.2, 0.25) is 11.8 Å². The Bertz CT molecular complexity index is 427. The molecule has 3 atom stereocenters. The van der Waals surface area contributed by atoms with Crippen LogP contribution in [0.5, 0.6) is 0 Å². The SMILES string of the molecule is CC(C)CC(N)C(=O)NC(CO)C(=O)N1CCCC1C(=O)O. The molecular formula is C14H25N3O5.